The minimum absolute atomic E-state index is 0.00858. The largest absolute Gasteiger partial charge is 0.478 e. The molecule has 0 bridgehead atoms. The molecule has 0 saturated carbocycles. The maximum atomic E-state index is 13.1. The average Bonchev–Trinajstić information content (AvgIpc) is 3.09. The van der Waals surface area contributed by atoms with Crippen LogP contribution < -0.4 is 9.62 Å². The number of nitrogens with one attached hydrogen (secondary N) is 1. The number of likely N-dealkylation sites (N-methyl/N-ethyl adjacent to an activating group) is 1. The molecule has 0 spiro atoms. The van der Waals surface area contributed by atoms with Gasteiger partial charge in [0, 0.05) is 19.2 Å². The lowest BCUT2D eigenvalue weighted by molar-refractivity contribution is 0.0697. The monoisotopic (exact) mass is 471 g/mol. The molecule has 1 heterocycles. The second kappa shape index (κ2) is 9.66. The van der Waals surface area contributed by atoms with Crippen molar-refractivity contribution < 1.29 is 22.8 Å². The number of hydrogen-bond acceptors (Lipinski definition) is 6. The highest BCUT2D eigenvalue weighted by Gasteiger charge is 2.20. The number of sulfonamides is 1. The molecule has 8 nitrogen and oxygen atoms in total. The zero-order chi connectivity index (χ0) is 24.3. The van der Waals surface area contributed by atoms with Crippen molar-refractivity contribution in [2.75, 3.05) is 23.2 Å². The Morgan fingerprint density at radius 1 is 1.15 bits per heavy atom. The van der Waals surface area contributed by atoms with Crippen molar-refractivity contribution in [1.29, 1.82) is 0 Å². The van der Waals surface area contributed by atoms with Gasteiger partial charge in [0.1, 0.15) is 5.76 Å². The van der Waals surface area contributed by atoms with E-state index in [4.69, 9.17) is 4.52 Å². The van der Waals surface area contributed by atoms with Gasteiger partial charge in [0.05, 0.1) is 27.5 Å². The van der Waals surface area contributed by atoms with Crippen molar-refractivity contribution in [3.05, 3.63) is 70.6 Å². The summed E-state index contributed by atoms with van der Waals surface area (Å²) in [7, 11) is -2.10. The third-order valence-corrected chi connectivity index (χ3v) is 7.02. The first-order valence-corrected chi connectivity index (χ1v) is 12.1. The molecule has 1 aromatic heterocycles. The first-order chi connectivity index (χ1) is 15.5. The van der Waals surface area contributed by atoms with Gasteiger partial charge in [-0.15, -0.1) is 0 Å². The fourth-order valence-corrected chi connectivity index (χ4v) is 4.64. The number of aromatic carboxylic acids is 1. The Balaban J connectivity index is 1.90. The van der Waals surface area contributed by atoms with E-state index in [0.29, 0.717) is 18.7 Å². The molecule has 3 aromatic rings. The summed E-state index contributed by atoms with van der Waals surface area (Å²) < 4.78 is 33.9. The van der Waals surface area contributed by atoms with Crippen LogP contribution in [0.5, 0.6) is 0 Å². The van der Waals surface area contributed by atoms with Crippen LogP contribution in [0.2, 0.25) is 0 Å². The summed E-state index contributed by atoms with van der Waals surface area (Å²) in [6, 6.07) is 11.1. The van der Waals surface area contributed by atoms with E-state index in [-0.39, 0.29) is 22.1 Å². The molecule has 2 aromatic carbocycles. The molecule has 0 aliphatic carbocycles. The minimum atomic E-state index is -3.92. The lowest BCUT2D eigenvalue weighted by atomic mass is 10.0. The van der Waals surface area contributed by atoms with Crippen molar-refractivity contribution in [2.24, 2.45) is 0 Å². The number of carbonyl (C=O) groups is 1. The highest BCUT2D eigenvalue weighted by atomic mass is 32.2. The van der Waals surface area contributed by atoms with Gasteiger partial charge < -0.3 is 14.5 Å². The summed E-state index contributed by atoms with van der Waals surface area (Å²) in [6.45, 7) is 8.33. The third kappa shape index (κ3) is 5.54. The highest BCUT2D eigenvalue weighted by molar-refractivity contribution is 7.92. The molecule has 9 heteroatoms. The van der Waals surface area contributed by atoms with Gasteiger partial charge >= 0.3 is 5.97 Å². The topological polar surface area (TPSA) is 113 Å². The van der Waals surface area contributed by atoms with E-state index in [1.54, 1.807) is 30.3 Å². The SMILES string of the molecule is Cc1noc(C)c1CCN(C)c1ccc(C(=O)O)cc1NS(=O)(=O)c1ccc(C(C)C)cc1. The van der Waals surface area contributed by atoms with E-state index in [1.807, 2.05) is 39.6 Å². The molecule has 2 N–H and O–H groups in total. The predicted molar refractivity (Wildman–Crippen MR) is 128 cm³/mol. The second-order valence-electron chi connectivity index (χ2n) is 8.34. The molecule has 0 atom stereocenters. The number of nitrogens with zero attached hydrogens (tertiary/aromatic N) is 2. The molecular weight excluding hydrogens is 442 g/mol. The van der Waals surface area contributed by atoms with Gasteiger partial charge in [-0.3, -0.25) is 4.72 Å². The molecule has 0 fully saturated rings. The highest BCUT2D eigenvalue weighted by Crippen LogP contribution is 2.30. The van der Waals surface area contributed by atoms with E-state index >= 15 is 0 Å². The first kappa shape index (κ1) is 24.3. The van der Waals surface area contributed by atoms with Crippen molar-refractivity contribution in [3.63, 3.8) is 0 Å². The number of carboxylic acids is 1. The second-order valence-corrected chi connectivity index (χ2v) is 10.0. The van der Waals surface area contributed by atoms with Crippen LogP contribution in [0, 0.1) is 13.8 Å². The van der Waals surface area contributed by atoms with Crippen LogP contribution in [0.1, 0.15) is 52.7 Å². The zero-order valence-corrected chi connectivity index (χ0v) is 20.2. The lowest BCUT2D eigenvalue weighted by Crippen LogP contribution is -2.23. The van der Waals surface area contributed by atoms with Crippen molar-refractivity contribution >= 4 is 27.4 Å². The van der Waals surface area contributed by atoms with Crippen molar-refractivity contribution in [2.45, 2.75) is 44.9 Å². The maximum absolute atomic E-state index is 13.1. The van der Waals surface area contributed by atoms with Gasteiger partial charge in [-0.1, -0.05) is 31.1 Å². The molecule has 0 aliphatic heterocycles. The van der Waals surface area contributed by atoms with Gasteiger partial charge in [-0.2, -0.15) is 0 Å². The fourth-order valence-electron chi connectivity index (χ4n) is 3.58. The van der Waals surface area contributed by atoms with Crippen LogP contribution in [0.25, 0.3) is 0 Å². The number of anilines is 2. The molecule has 0 unspecified atom stereocenters. The van der Waals surface area contributed by atoms with Gasteiger partial charge in [0.15, 0.2) is 0 Å². The zero-order valence-electron chi connectivity index (χ0n) is 19.4. The molecule has 0 aliphatic rings. The minimum Gasteiger partial charge on any atom is -0.478 e. The van der Waals surface area contributed by atoms with Crippen LogP contribution in [0.3, 0.4) is 0 Å². The van der Waals surface area contributed by atoms with Crippen LogP contribution in [0.15, 0.2) is 51.9 Å². The summed E-state index contributed by atoms with van der Waals surface area (Å²) in [4.78, 5) is 13.5. The summed E-state index contributed by atoms with van der Waals surface area (Å²) in [5.74, 6) is -0.116. The van der Waals surface area contributed by atoms with E-state index in [9.17, 15) is 18.3 Å². The van der Waals surface area contributed by atoms with Crippen LogP contribution in [-0.2, 0) is 16.4 Å². The van der Waals surface area contributed by atoms with Crippen LogP contribution >= 0.6 is 0 Å². The van der Waals surface area contributed by atoms with Crippen LogP contribution in [0.4, 0.5) is 11.4 Å². The maximum Gasteiger partial charge on any atom is 0.335 e. The Morgan fingerprint density at radius 3 is 2.36 bits per heavy atom. The quantitative estimate of drug-likeness (QED) is 0.469. The number of aromatic nitrogens is 1. The van der Waals surface area contributed by atoms with Gasteiger partial charge in [-0.05, 0) is 62.1 Å². The molecule has 0 radical (unpaired) electrons. The Bertz CT molecular complexity index is 1230. The Kier molecular flexibility index (Phi) is 7.12. The first-order valence-electron chi connectivity index (χ1n) is 10.6. The summed E-state index contributed by atoms with van der Waals surface area (Å²) in [5.41, 5.74) is 3.59. The molecule has 176 valence electrons. The van der Waals surface area contributed by atoms with Crippen molar-refractivity contribution in [3.8, 4) is 0 Å². The van der Waals surface area contributed by atoms with E-state index in [2.05, 4.69) is 9.88 Å². The normalized spacial score (nSPS) is 11.6. The lowest BCUT2D eigenvalue weighted by Gasteiger charge is -2.23. The average molecular weight is 472 g/mol. The molecule has 0 saturated heterocycles. The van der Waals surface area contributed by atoms with E-state index in [1.165, 1.54) is 12.1 Å². The molecular formula is C24H29N3O5S. The standard InChI is InChI=1S/C24H29N3O5S/c1-15(2)18-6-9-20(10-7-18)33(30,31)26-22-14-19(24(28)29)8-11-23(22)27(5)13-12-21-16(3)25-32-17(21)4/h6-11,14-15,26H,12-13H2,1-5H3,(H,28,29). The third-order valence-electron chi connectivity index (χ3n) is 5.63. The van der Waals surface area contributed by atoms with Gasteiger partial charge in [-0.25, -0.2) is 13.2 Å². The van der Waals surface area contributed by atoms with Gasteiger partial charge in [0.25, 0.3) is 10.0 Å². The van der Waals surface area contributed by atoms with Gasteiger partial charge in [0.2, 0.25) is 0 Å². The summed E-state index contributed by atoms with van der Waals surface area (Å²) in [5, 5.41) is 13.4. The Hall–Kier alpha value is -3.33. The number of aryl methyl sites for hydroxylation is 2. The number of carboxylic acid groups (broad SMARTS) is 1. The number of hydrogen-bond donors (Lipinski definition) is 2. The fraction of sp³-hybridized carbons (Fsp3) is 0.333. The Morgan fingerprint density at radius 2 is 1.82 bits per heavy atom. The molecule has 0 amide bonds. The molecule has 33 heavy (non-hydrogen) atoms. The van der Waals surface area contributed by atoms with Crippen LogP contribution in [-0.4, -0.2) is 38.2 Å². The Labute approximate surface area is 194 Å². The van der Waals surface area contributed by atoms with Crippen molar-refractivity contribution in [1.82, 2.24) is 5.16 Å². The van der Waals surface area contributed by atoms with E-state index in [0.717, 1.165) is 22.6 Å². The summed E-state index contributed by atoms with van der Waals surface area (Å²) >= 11 is 0. The molecule has 3 rings (SSSR count). The summed E-state index contributed by atoms with van der Waals surface area (Å²) in [6.07, 6.45) is 0.640. The van der Waals surface area contributed by atoms with E-state index < -0.39 is 16.0 Å². The predicted octanol–water partition coefficient (Wildman–Crippen LogP) is 4.59. The number of rotatable bonds is 9. The number of benzene rings is 2. The smallest absolute Gasteiger partial charge is 0.335 e.